The molecule has 0 saturated heterocycles. The third kappa shape index (κ3) is 8.01. The van der Waals surface area contributed by atoms with E-state index in [-0.39, 0.29) is 12.8 Å². The molecule has 0 bridgehead atoms. The fourth-order valence-corrected chi connectivity index (χ4v) is 2.86. The van der Waals surface area contributed by atoms with Crippen LogP contribution in [0.1, 0.15) is 24.7 Å². The van der Waals surface area contributed by atoms with Crippen LogP contribution >= 0.6 is 0 Å². The predicted molar refractivity (Wildman–Crippen MR) is 114 cm³/mol. The summed E-state index contributed by atoms with van der Waals surface area (Å²) in [6.45, 7) is 1.26. The summed E-state index contributed by atoms with van der Waals surface area (Å²) in [5.74, 6) is -4.99. The Balaban J connectivity index is 2.20. The van der Waals surface area contributed by atoms with Crippen molar-refractivity contribution in [2.45, 2.75) is 50.4 Å². The number of carbonyl (C=O) groups is 5. The molecule has 2 rings (SSSR count). The van der Waals surface area contributed by atoms with Crippen molar-refractivity contribution >= 4 is 29.7 Å². The summed E-state index contributed by atoms with van der Waals surface area (Å²) < 4.78 is 0. The maximum Gasteiger partial charge on any atom is 0.325 e. The second kappa shape index (κ2) is 12.1. The van der Waals surface area contributed by atoms with Crippen molar-refractivity contribution in [3.8, 4) is 0 Å². The Hall–Kier alpha value is -4.27. The van der Waals surface area contributed by atoms with E-state index in [9.17, 15) is 24.0 Å². The van der Waals surface area contributed by atoms with E-state index in [1.807, 2.05) is 0 Å². The summed E-state index contributed by atoms with van der Waals surface area (Å²) in [6, 6.07) is -5.09. The van der Waals surface area contributed by atoms with Crippen molar-refractivity contribution in [3.63, 3.8) is 0 Å². The first-order chi connectivity index (χ1) is 16.1. The van der Waals surface area contributed by atoms with E-state index in [0.29, 0.717) is 11.4 Å². The molecule has 0 aromatic carbocycles. The van der Waals surface area contributed by atoms with Crippen molar-refractivity contribution in [2.24, 2.45) is 5.73 Å². The molecule has 0 saturated carbocycles. The van der Waals surface area contributed by atoms with Crippen LogP contribution in [-0.4, -0.2) is 84.0 Å². The van der Waals surface area contributed by atoms with Crippen molar-refractivity contribution in [2.75, 3.05) is 0 Å². The number of nitrogens with zero attached hydrogens (tertiary/aromatic N) is 2. The largest absolute Gasteiger partial charge is 0.481 e. The molecule has 3 amide bonds. The van der Waals surface area contributed by atoms with Crippen LogP contribution in [0.4, 0.5) is 0 Å². The number of H-pyrrole nitrogens is 2. The van der Waals surface area contributed by atoms with Gasteiger partial charge >= 0.3 is 11.9 Å². The highest BCUT2D eigenvalue weighted by molar-refractivity contribution is 5.94. The quantitative estimate of drug-likeness (QED) is 0.148. The molecule has 0 spiro atoms. The molecule has 0 aliphatic heterocycles. The molecule has 4 unspecified atom stereocenters. The molecule has 2 aromatic rings. The van der Waals surface area contributed by atoms with Gasteiger partial charge in [0.25, 0.3) is 0 Å². The standard InChI is InChI=1S/C19H26N8O7/c1-9(19(33)34)25-17(31)13(2-10-5-21-7-23-10)27-18(32)14(3-11-6-22-8-24-11)26-16(30)12(20)4-15(28)29/h5-9,12-14H,2-4,20H2,1H3,(H,21,23)(H,22,24)(H,25,31)(H,26,30)(H,27,32)(H,28,29)(H,33,34). The van der Waals surface area contributed by atoms with Crippen LogP contribution in [0.15, 0.2) is 25.0 Å². The van der Waals surface area contributed by atoms with Gasteiger partial charge in [-0.15, -0.1) is 0 Å². The first-order valence-electron chi connectivity index (χ1n) is 10.1. The number of nitrogens with one attached hydrogen (secondary N) is 5. The number of rotatable bonds is 13. The lowest BCUT2D eigenvalue weighted by Gasteiger charge is -2.24. The zero-order valence-electron chi connectivity index (χ0n) is 18.1. The fraction of sp³-hybridized carbons (Fsp3) is 0.421. The van der Waals surface area contributed by atoms with E-state index in [0.717, 1.165) is 0 Å². The van der Waals surface area contributed by atoms with Crippen LogP contribution in [-0.2, 0) is 36.8 Å². The molecule has 0 fully saturated rings. The van der Waals surface area contributed by atoms with Crippen LogP contribution in [0.5, 0.6) is 0 Å². The molecule has 0 aliphatic rings. The first kappa shape index (κ1) is 26.0. The minimum Gasteiger partial charge on any atom is -0.481 e. The summed E-state index contributed by atoms with van der Waals surface area (Å²) >= 11 is 0. The molecule has 4 atom stereocenters. The number of hydrogen-bond donors (Lipinski definition) is 8. The van der Waals surface area contributed by atoms with E-state index in [1.165, 1.54) is 32.0 Å². The van der Waals surface area contributed by atoms with Gasteiger partial charge in [-0.2, -0.15) is 0 Å². The Morgan fingerprint density at radius 1 is 0.882 bits per heavy atom. The van der Waals surface area contributed by atoms with Crippen molar-refractivity contribution in [3.05, 3.63) is 36.4 Å². The van der Waals surface area contributed by atoms with E-state index < -0.39 is 60.2 Å². The van der Waals surface area contributed by atoms with Gasteiger partial charge in [0.15, 0.2) is 0 Å². The zero-order chi connectivity index (χ0) is 25.3. The molecule has 0 aliphatic carbocycles. The average Bonchev–Trinajstić information content (AvgIpc) is 3.46. The van der Waals surface area contributed by atoms with Gasteiger partial charge in [0.1, 0.15) is 18.1 Å². The maximum atomic E-state index is 13.1. The number of hydrogen-bond acceptors (Lipinski definition) is 8. The average molecular weight is 478 g/mol. The highest BCUT2D eigenvalue weighted by Crippen LogP contribution is 2.04. The normalized spacial score (nSPS) is 14.3. The minimum absolute atomic E-state index is 0.0484. The predicted octanol–water partition coefficient (Wildman–Crippen LogP) is -2.72. The number of carboxylic acids is 2. The van der Waals surface area contributed by atoms with Crippen LogP contribution in [0, 0.1) is 0 Å². The summed E-state index contributed by atoms with van der Waals surface area (Å²) in [6.07, 6.45) is 4.83. The third-order valence-electron chi connectivity index (χ3n) is 4.68. The topological polar surface area (TPSA) is 245 Å². The number of carbonyl (C=O) groups excluding carboxylic acids is 3. The van der Waals surface area contributed by atoms with Gasteiger partial charge in [0, 0.05) is 36.6 Å². The van der Waals surface area contributed by atoms with E-state index in [2.05, 4.69) is 35.9 Å². The van der Waals surface area contributed by atoms with Crippen LogP contribution in [0.25, 0.3) is 0 Å². The summed E-state index contributed by atoms with van der Waals surface area (Å²) in [5, 5.41) is 25.1. The molecule has 2 aromatic heterocycles. The Morgan fingerprint density at radius 2 is 1.35 bits per heavy atom. The van der Waals surface area contributed by atoms with Gasteiger partial charge in [-0.3, -0.25) is 24.0 Å². The Bertz CT molecular complexity index is 992. The van der Waals surface area contributed by atoms with Gasteiger partial charge in [-0.25, -0.2) is 9.97 Å². The number of amides is 3. The minimum atomic E-state index is -1.41. The third-order valence-corrected chi connectivity index (χ3v) is 4.68. The first-order valence-corrected chi connectivity index (χ1v) is 10.1. The molecule has 9 N–H and O–H groups in total. The molecule has 2 heterocycles. The lowest BCUT2D eigenvalue weighted by atomic mass is 10.1. The van der Waals surface area contributed by atoms with E-state index in [1.54, 1.807) is 0 Å². The molecule has 15 heteroatoms. The van der Waals surface area contributed by atoms with Crippen LogP contribution < -0.4 is 21.7 Å². The fourth-order valence-electron chi connectivity index (χ4n) is 2.86. The van der Waals surface area contributed by atoms with Gasteiger partial charge in [0.05, 0.1) is 25.1 Å². The van der Waals surface area contributed by atoms with Crippen LogP contribution in [0.3, 0.4) is 0 Å². The molecule has 0 radical (unpaired) electrons. The smallest absolute Gasteiger partial charge is 0.325 e. The van der Waals surface area contributed by atoms with Gasteiger partial charge in [-0.05, 0) is 6.92 Å². The SMILES string of the molecule is CC(NC(=O)C(Cc1cnc[nH]1)NC(=O)C(Cc1cnc[nH]1)NC(=O)C(N)CC(=O)O)C(=O)O. The molecular weight excluding hydrogens is 452 g/mol. The lowest BCUT2D eigenvalue weighted by molar-refractivity contribution is -0.141. The zero-order valence-corrected chi connectivity index (χ0v) is 18.1. The monoisotopic (exact) mass is 478 g/mol. The van der Waals surface area contributed by atoms with E-state index in [4.69, 9.17) is 15.9 Å². The second-order valence-corrected chi connectivity index (χ2v) is 7.46. The van der Waals surface area contributed by atoms with Crippen LogP contribution in [0.2, 0.25) is 0 Å². The number of imidazole rings is 2. The Kier molecular flexibility index (Phi) is 9.25. The maximum absolute atomic E-state index is 13.1. The second-order valence-electron chi connectivity index (χ2n) is 7.46. The highest BCUT2D eigenvalue weighted by atomic mass is 16.4. The number of aliphatic carboxylic acids is 2. The lowest BCUT2D eigenvalue weighted by Crippen LogP contribution is -2.58. The number of aromatic amines is 2. The summed E-state index contributed by atoms with van der Waals surface area (Å²) in [5.41, 5.74) is 6.55. The number of aromatic nitrogens is 4. The van der Waals surface area contributed by atoms with Gasteiger partial charge < -0.3 is 41.9 Å². The van der Waals surface area contributed by atoms with E-state index >= 15 is 0 Å². The summed E-state index contributed by atoms with van der Waals surface area (Å²) in [7, 11) is 0. The number of carboxylic acid groups (broad SMARTS) is 2. The van der Waals surface area contributed by atoms with Crippen molar-refractivity contribution < 1.29 is 34.2 Å². The van der Waals surface area contributed by atoms with Crippen molar-refractivity contribution in [1.29, 1.82) is 0 Å². The van der Waals surface area contributed by atoms with Crippen molar-refractivity contribution in [1.82, 2.24) is 35.9 Å². The van der Waals surface area contributed by atoms with Gasteiger partial charge in [0.2, 0.25) is 17.7 Å². The highest BCUT2D eigenvalue weighted by Gasteiger charge is 2.30. The molecular formula is C19H26N8O7. The Morgan fingerprint density at radius 3 is 1.76 bits per heavy atom. The Labute approximate surface area is 192 Å². The molecule has 34 heavy (non-hydrogen) atoms. The summed E-state index contributed by atoms with van der Waals surface area (Å²) in [4.78, 5) is 73.4. The molecule has 184 valence electrons. The van der Waals surface area contributed by atoms with Gasteiger partial charge in [-0.1, -0.05) is 0 Å². The number of nitrogens with two attached hydrogens (primary N) is 1. The molecule has 15 nitrogen and oxygen atoms in total.